The van der Waals surface area contributed by atoms with Gasteiger partial charge in [-0.05, 0) is 23.6 Å². The van der Waals surface area contributed by atoms with E-state index in [9.17, 15) is 4.79 Å². The zero-order chi connectivity index (χ0) is 10.7. The summed E-state index contributed by atoms with van der Waals surface area (Å²) in [4.78, 5) is 15.9. The molecule has 0 saturated carbocycles. The van der Waals surface area contributed by atoms with Crippen molar-refractivity contribution in [3.8, 4) is 0 Å². The first kappa shape index (κ1) is 10.7. The van der Waals surface area contributed by atoms with Crippen LogP contribution in [0.1, 0.15) is 0 Å². The summed E-state index contributed by atoms with van der Waals surface area (Å²) in [6.07, 6.45) is 0. The smallest absolute Gasteiger partial charge is 0.267 e. The molecule has 0 aliphatic rings. The molecule has 76 valence electrons. The quantitative estimate of drug-likeness (QED) is 0.825. The zero-order valence-corrected chi connectivity index (χ0v) is 9.90. The number of nitrogens with zero attached hydrogens (tertiary/aromatic N) is 1. The van der Waals surface area contributed by atoms with Gasteiger partial charge < -0.3 is 0 Å². The number of halogens is 1. The van der Waals surface area contributed by atoms with Crippen LogP contribution < -0.4 is 5.56 Å². The van der Waals surface area contributed by atoms with E-state index in [-0.39, 0.29) is 5.56 Å². The second kappa shape index (κ2) is 4.79. The highest BCUT2D eigenvalue weighted by Crippen LogP contribution is 2.29. The second-order valence-electron chi connectivity index (χ2n) is 2.70. The maximum absolute atomic E-state index is 11.0. The summed E-state index contributed by atoms with van der Waals surface area (Å²) in [5.41, 5.74) is -0.210. The lowest BCUT2D eigenvalue weighted by Gasteiger charge is -1.98. The van der Waals surface area contributed by atoms with Gasteiger partial charge in [0.05, 0.1) is 0 Å². The van der Waals surface area contributed by atoms with Gasteiger partial charge in [0.2, 0.25) is 0 Å². The molecule has 2 aromatic rings. The van der Waals surface area contributed by atoms with Crippen LogP contribution in [0.3, 0.4) is 0 Å². The Kier molecular flexibility index (Phi) is 3.41. The van der Waals surface area contributed by atoms with Crippen molar-refractivity contribution < 1.29 is 0 Å². The Bertz CT molecular complexity index is 527. The van der Waals surface area contributed by atoms with Crippen molar-refractivity contribution in [1.82, 2.24) is 4.98 Å². The van der Waals surface area contributed by atoms with Gasteiger partial charge in [0.25, 0.3) is 5.56 Å². The van der Waals surface area contributed by atoms with Crippen LogP contribution in [0.4, 0.5) is 0 Å². The summed E-state index contributed by atoms with van der Waals surface area (Å²) < 4.78 is 0.727. The van der Waals surface area contributed by atoms with Gasteiger partial charge >= 0.3 is 0 Å². The SMILES string of the molecule is O=c1ccsc(Sc2cccc(Cl)c2)n1. The van der Waals surface area contributed by atoms with Crippen LogP contribution in [0.2, 0.25) is 5.02 Å². The third kappa shape index (κ3) is 3.06. The number of rotatable bonds is 2. The minimum absolute atomic E-state index is 0.210. The van der Waals surface area contributed by atoms with E-state index in [4.69, 9.17) is 11.6 Å². The first-order valence-corrected chi connectivity index (χ1v) is 6.21. The second-order valence-corrected chi connectivity index (χ2v) is 5.35. The van der Waals surface area contributed by atoms with Crippen molar-refractivity contribution >= 4 is 34.7 Å². The Morgan fingerprint density at radius 3 is 2.93 bits per heavy atom. The Labute approximate surface area is 99.9 Å². The monoisotopic (exact) mass is 255 g/mol. The van der Waals surface area contributed by atoms with E-state index in [0.717, 1.165) is 9.24 Å². The third-order valence-corrected chi connectivity index (χ3v) is 3.68. The van der Waals surface area contributed by atoms with Gasteiger partial charge in [-0.2, -0.15) is 4.98 Å². The lowest BCUT2D eigenvalue weighted by atomic mass is 10.4. The first-order valence-electron chi connectivity index (χ1n) is 4.13. The van der Waals surface area contributed by atoms with E-state index in [1.54, 1.807) is 5.38 Å². The topological polar surface area (TPSA) is 30.0 Å². The van der Waals surface area contributed by atoms with Gasteiger partial charge in [-0.15, -0.1) is 11.3 Å². The maximum Gasteiger partial charge on any atom is 0.272 e. The molecule has 0 spiro atoms. The van der Waals surface area contributed by atoms with E-state index in [0.29, 0.717) is 5.02 Å². The van der Waals surface area contributed by atoms with Crippen LogP contribution in [0.5, 0.6) is 0 Å². The Morgan fingerprint density at radius 1 is 1.33 bits per heavy atom. The van der Waals surface area contributed by atoms with Crippen molar-refractivity contribution in [3.63, 3.8) is 0 Å². The molecule has 2 nitrogen and oxygen atoms in total. The molecule has 5 heteroatoms. The van der Waals surface area contributed by atoms with Crippen LogP contribution >= 0.6 is 34.7 Å². The number of hydrogen-bond acceptors (Lipinski definition) is 4. The van der Waals surface area contributed by atoms with E-state index in [1.165, 1.54) is 29.2 Å². The summed E-state index contributed by atoms with van der Waals surface area (Å²) in [7, 11) is 0. The lowest BCUT2D eigenvalue weighted by molar-refractivity contribution is 1.15. The third-order valence-electron chi connectivity index (χ3n) is 1.58. The van der Waals surface area contributed by atoms with Crippen molar-refractivity contribution in [2.75, 3.05) is 0 Å². The first-order chi connectivity index (χ1) is 7.24. The largest absolute Gasteiger partial charge is 0.272 e. The molecule has 2 rings (SSSR count). The van der Waals surface area contributed by atoms with E-state index in [1.807, 2.05) is 24.3 Å². The van der Waals surface area contributed by atoms with E-state index in [2.05, 4.69) is 4.98 Å². The van der Waals surface area contributed by atoms with E-state index < -0.39 is 0 Å². The molecule has 0 bridgehead atoms. The van der Waals surface area contributed by atoms with Gasteiger partial charge in [-0.1, -0.05) is 29.4 Å². The molecule has 15 heavy (non-hydrogen) atoms. The standard InChI is InChI=1S/C10H6ClNOS2/c11-7-2-1-3-8(6-7)15-10-12-9(13)4-5-14-10/h1-6H. The highest BCUT2D eigenvalue weighted by molar-refractivity contribution is 8.01. The summed E-state index contributed by atoms with van der Waals surface area (Å²) in [6.45, 7) is 0. The van der Waals surface area contributed by atoms with Crippen molar-refractivity contribution in [2.45, 2.75) is 9.24 Å². The maximum atomic E-state index is 11.0. The molecular weight excluding hydrogens is 250 g/mol. The van der Waals surface area contributed by atoms with Crippen LogP contribution in [0.25, 0.3) is 0 Å². The molecule has 0 amide bonds. The molecule has 1 heterocycles. The zero-order valence-electron chi connectivity index (χ0n) is 7.51. The Hall–Kier alpha value is -0.840. The summed E-state index contributed by atoms with van der Waals surface area (Å²) in [6, 6.07) is 8.91. The average molecular weight is 256 g/mol. The Balaban J connectivity index is 2.26. The summed E-state index contributed by atoms with van der Waals surface area (Å²) >= 11 is 8.73. The number of aromatic nitrogens is 1. The van der Waals surface area contributed by atoms with Crippen LogP contribution in [-0.2, 0) is 0 Å². The molecule has 0 N–H and O–H groups in total. The van der Waals surface area contributed by atoms with Gasteiger partial charge in [-0.25, -0.2) is 0 Å². The van der Waals surface area contributed by atoms with Gasteiger partial charge in [0.1, 0.15) is 0 Å². The fourth-order valence-electron chi connectivity index (χ4n) is 0.982. The summed E-state index contributed by atoms with van der Waals surface area (Å²) in [5.74, 6) is 0. The van der Waals surface area contributed by atoms with Crippen LogP contribution in [-0.4, -0.2) is 4.98 Å². The predicted molar refractivity (Wildman–Crippen MR) is 64.0 cm³/mol. The molecule has 0 radical (unpaired) electrons. The normalized spacial score (nSPS) is 10.2. The van der Waals surface area contributed by atoms with E-state index >= 15 is 0 Å². The molecule has 0 saturated heterocycles. The number of benzene rings is 1. The highest BCUT2D eigenvalue weighted by Gasteiger charge is 2.00. The highest BCUT2D eigenvalue weighted by atomic mass is 35.5. The molecule has 1 aromatic carbocycles. The number of hydrogen-bond donors (Lipinski definition) is 0. The molecule has 0 aliphatic carbocycles. The molecule has 0 atom stereocenters. The van der Waals surface area contributed by atoms with Gasteiger partial charge in [0, 0.05) is 16.0 Å². The molecule has 0 unspecified atom stereocenters. The molecular formula is C10H6ClNOS2. The minimum atomic E-state index is -0.210. The van der Waals surface area contributed by atoms with Gasteiger partial charge in [-0.3, -0.25) is 4.79 Å². The average Bonchev–Trinajstić information content (AvgIpc) is 2.17. The molecule has 1 aromatic heterocycles. The summed E-state index contributed by atoms with van der Waals surface area (Å²) in [5, 5.41) is 2.42. The van der Waals surface area contributed by atoms with Crippen molar-refractivity contribution in [2.24, 2.45) is 0 Å². The van der Waals surface area contributed by atoms with Gasteiger partial charge in [0.15, 0.2) is 4.34 Å². The fourth-order valence-corrected chi connectivity index (χ4v) is 3.00. The minimum Gasteiger partial charge on any atom is -0.267 e. The molecule has 0 aliphatic heterocycles. The van der Waals surface area contributed by atoms with Crippen molar-refractivity contribution in [3.05, 3.63) is 51.1 Å². The van der Waals surface area contributed by atoms with Crippen LogP contribution in [0.15, 0.2) is 49.7 Å². The molecule has 0 fully saturated rings. The fraction of sp³-hybridized carbons (Fsp3) is 0. The lowest BCUT2D eigenvalue weighted by Crippen LogP contribution is -2.01. The Morgan fingerprint density at radius 2 is 2.20 bits per heavy atom. The van der Waals surface area contributed by atoms with Crippen molar-refractivity contribution in [1.29, 1.82) is 0 Å². The predicted octanol–water partition coefficient (Wildman–Crippen LogP) is 3.31. The van der Waals surface area contributed by atoms with Crippen LogP contribution in [0, 0.1) is 0 Å².